The monoisotopic (exact) mass is 555 g/mol. The summed E-state index contributed by atoms with van der Waals surface area (Å²) in [5.74, 6) is 0.723. The number of benzene rings is 3. The average Bonchev–Trinajstić information content (AvgIpc) is 3.30. The second-order valence-electron chi connectivity index (χ2n) is 9.46. The molecule has 208 valence electrons. The highest BCUT2D eigenvalue weighted by molar-refractivity contribution is 6.15. The van der Waals surface area contributed by atoms with Crippen molar-refractivity contribution in [2.75, 3.05) is 28.4 Å². The number of allylic oxidation sites excluding steroid dienone is 1. The summed E-state index contributed by atoms with van der Waals surface area (Å²) in [6, 6.07) is 13.5. The number of ketones is 1. The average molecular weight is 556 g/mol. The van der Waals surface area contributed by atoms with Crippen molar-refractivity contribution in [3.8, 4) is 34.5 Å². The van der Waals surface area contributed by atoms with Gasteiger partial charge >= 0.3 is 5.97 Å². The van der Waals surface area contributed by atoms with Crippen LogP contribution in [-0.2, 0) is 4.79 Å². The van der Waals surface area contributed by atoms with E-state index < -0.39 is 11.9 Å². The molecule has 6 rings (SSSR count). The molecule has 0 saturated carbocycles. The molecule has 1 N–H and O–H groups in total. The van der Waals surface area contributed by atoms with E-state index in [4.69, 9.17) is 28.4 Å². The Morgan fingerprint density at radius 2 is 1.66 bits per heavy atom. The van der Waals surface area contributed by atoms with Gasteiger partial charge in [-0.3, -0.25) is 14.4 Å². The molecule has 0 bridgehead atoms. The van der Waals surface area contributed by atoms with Gasteiger partial charge in [0, 0.05) is 33.5 Å². The van der Waals surface area contributed by atoms with Gasteiger partial charge in [0.25, 0.3) is 5.56 Å². The molecule has 1 aromatic heterocycles. The molecular weight excluding hydrogens is 530 g/mol. The van der Waals surface area contributed by atoms with E-state index in [1.54, 1.807) is 61.7 Å². The third kappa shape index (κ3) is 4.24. The Bertz CT molecular complexity index is 1840. The maximum atomic E-state index is 13.5. The van der Waals surface area contributed by atoms with E-state index >= 15 is 0 Å². The molecule has 41 heavy (non-hydrogen) atoms. The number of esters is 1. The van der Waals surface area contributed by atoms with Crippen molar-refractivity contribution in [3.05, 3.63) is 86.9 Å². The Labute approximate surface area is 234 Å². The van der Waals surface area contributed by atoms with Crippen molar-refractivity contribution >= 4 is 28.7 Å². The van der Waals surface area contributed by atoms with Crippen LogP contribution >= 0.6 is 0 Å². The first-order valence-electron chi connectivity index (χ1n) is 12.7. The molecule has 0 aliphatic carbocycles. The number of carbonyl (C=O) groups is 2. The molecule has 3 aromatic carbocycles. The number of aromatic nitrogens is 1. The van der Waals surface area contributed by atoms with Crippen LogP contribution in [0, 0.1) is 0 Å². The molecule has 0 fully saturated rings. The summed E-state index contributed by atoms with van der Waals surface area (Å²) in [6.45, 7) is 0. The number of rotatable bonds is 6. The number of H-pyrrole nitrogens is 1. The van der Waals surface area contributed by atoms with Crippen LogP contribution in [0.4, 0.5) is 0 Å². The molecule has 10 heteroatoms. The lowest BCUT2D eigenvalue weighted by Gasteiger charge is -2.26. The molecule has 2 aliphatic rings. The largest absolute Gasteiger partial charge is 0.497 e. The SMILES string of the molecule is COc1ccc2[nH]c(=O)c([C@H]3CC(=O)Oc4ccc5c(c43)O/C(=C/c3ccc(OC)c(OC)c3OC)C5=O)cc2c1. The fourth-order valence-electron chi connectivity index (χ4n) is 5.34. The van der Waals surface area contributed by atoms with Gasteiger partial charge < -0.3 is 33.4 Å². The van der Waals surface area contributed by atoms with E-state index in [0.717, 1.165) is 5.39 Å². The molecule has 3 heterocycles. The van der Waals surface area contributed by atoms with Gasteiger partial charge in [-0.25, -0.2) is 0 Å². The quantitative estimate of drug-likeness (QED) is 0.206. The first-order valence-corrected chi connectivity index (χ1v) is 12.7. The van der Waals surface area contributed by atoms with Crippen molar-refractivity contribution < 1.29 is 38.0 Å². The Hall–Kier alpha value is -5.25. The minimum absolute atomic E-state index is 0.0340. The summed E-state index contributed by atoms with van der Waals surface area (Å²) in [4.78, 5) is 42.3. The van der Waals surface area contributed by atoms with Crippen LogP contribution in [0.1, 0.15) is 39.4 Å². The minimum atomic E-state index is -0.719. The number of carbonyl (C=O) groups excluding carboxylic acids is 2. The topological polar surface area (TPSA) is 122 Å². The molecular formula is C31H25NO9. The van der Waals surface area contributed by atoms with Crippen molar-refractivity contribution in [2.45, 2.75) is 12.3 Å². The van der Waals surface area contributed by atoms with Gasteiger partial charge in [0.2, 0.25) is 11.5 Å². The standard InChI is InChI=1S/C31H25NO9/c1-36-17-6-8-21-16(11-17)12-20(31(35)32-21)19-14-25(33)40-22-10-7-18-27(34)24(41-29(18)26(19)22)13-15-5-9-23(37-2)30(39-4)28(15)38-3/h5-13,19H,14H2,1-4H3,(H,32,35)/b24-13+/t19-/m1/s1. The number of ether oxygens (including phenoxy) is 6. The van der Waals surface area contributed by atoms with Crippen LogP contribution in [0.15, 0.2) is 59.1 Å². The van der Waals surface area contributed by atoms with Crippen LogP contribution in [-0.4, -0.2) is 45.2 Å². The predicted molar refractivity (Wildman–Crippen MR) is 149 cm³/mol. The van der Waals surface area contributed by atoms with Crippen LogP contribution < -0.4 is 34.0 Å². The zero-order valence-corrected chi connectivity index (χ0v) is 22.7. The maximum absolute atomic E-state index is 13.5. The second kappa shape index (κ2) is 10.1. The zero-order valence-electron chi connectivity index (χ0n) is 22.7. The van der Waals surface area contributed by atoms with E-state index in [1.807, 2.05) is 0 Å². The van der Waals surface area contributed by atoms with Crippen LogP contribution in [0.2, 0.25) is 0 Å². The van der Waals surface area contributed by atoms with Gasteiger partial charge in [-0.15, -0.1) is 0 Å². The fraction of sp³-hybridized carbons (Fsp3) is 0.194. The molecule has 10 nitrogen and oxygen atoms in total. The summed E-state index contributed by atoms with van der Waals surface area (Å²) in [5, 5.41) is 0.727. The van der Waals surface area contributed by atoms with Crippen LogP contribution in [0.5, 0.6) is 34.5 Å². The Kier molecular flexibility index (Phi) is 6.37. The number of Topliss-reactive ketones (excluding diaryl/α,β-unsaturated/α-hetero) is 1. The number of hydrogen-bond donors (Lipinski definition) is 1. The lowest BCUT2D eigenvalue weighted by Crippen LogP contribution is -2.26. The van der Waals surface area contributed by atoms with E-state index in [-0.39, 0.29) is 40.6 Å². The lowest BCUT2D eigenvalue weighted by atomic mass is 9.85. The van der Waals surface area contributed by atoms with E-state index in [1.165, 1.54) is 21.3 Å². The number of pyridine rings is 1. The third-order valence-electron chi connectivity index (χ3n) is 7.26. The van der Waals surface area contributed by atoms with E-state index in [2.05, 4.69) is 4.98 Å². The molecule has 0 unspecified atom stereocenters. The number of aromatic amines is 1. The molecule has 0 amide bonds. The highest BCUT2D eigenvalue weighted by Crippen LogP contribution is 2.49. The smallest absolute Gasteiger partial charge is 0.312 e. The van der Waals surface area contributed by atoms with Crippen molar-refractivity contribution in [1.82, 2.24) is 4.98 Å². The van der Waals surface area contributed by atoms with Crippen molar-refractivity contribution in [1.29, 1.82) is 0 Å². The van der Waals surface area contributed by atoms with Crippen molar-refractivity contribution in [3.63, 3.8) is 0 Å². The first kappa shape index (κ1) is 26.0. The maximum Gasteiger partial charge on any atom is 0.312 e. The molecule has 0 spiro atoms. The Balaban J connectivity index is 1.48. The van der Waals surface area contributed by atoms with Gasteiger partial charge in [-0.2, -0.15) is 0 Å². The minimum Gasteiger partial charge on any atom is -0.497 e. The number of hydrogen-bond acceptors (Lipinski definition) is 9. The lowest BCUT2D eigenvalue weighted by molar-refractivity contribution is -0.135. The second-order valence-corrected chi connectivity index (χ2v) is 9.46. The fourth-order valence-corrected chi connectivity index (χ4v) is 5.34. The van der Waals surface area contributed by atoms with E-state index in [9.17, 15) is 14.4 Å². The molecule has 2 aliphatic heterocycles. The number of nitrogens with one attached hydrogen (secondary N) is 1. The molecule has 4 aromatic rings. The first-order chi connectivity index (χ1) is 19.9. The predicted octanol–water partition coefficient (Wildman–Crippen LogP) is 4.62. The third-order valence-corrected chi connectivity index (χ3v) is 7.26. The zero-order chi connectivity index (χ0) is 28.8. The molecule has 1 atom stereocenters. The number of methoxy groups -OCH3 is 4. The van der Waals surface area contributed by atoms with Gasteiger partial charge in [0.1, 0.15) is 17.2 Å². The Morgan fingerprint density at radius 1 is 0.854 bits per heavy atom. The van der Waals surface area contributed by atoms with E-state index in [0.29, 0.717) is 45.2 Å². The summed E-state index contributed by atoms with van der Waals surface area (Å²) in [5.41, 5.74) is 1.87. The summed E-state index contributed by atoms with van der Waals surface area (Å²) < 4.78 is 33.4. The highest BCUT2D eigenvalue weighted by Gasteiger charge is 2.39. The van der Waals surface area contributed by atoms with Crippen LogP contribution in [0.3, 0.4) is 0 Å². The Morgan fingerprint density at radius 3 is 2.39 bits per heavy atom. The van der Waals surface area contributed by atoms with Gasteiger partial charge in [-0.05, 0) is 54.6 Å². The summed E-state index contributed by atoms with van der Waals surface area (Å²) in [7, 11) is 6.04. The number of fused-ring (bicyclic) bond motifs is 4. The van der Waals surface area contributed by atoms with Gasteiger partial charge in [-0.1, -0.05) is 0 Å². The highest BCUT2D eigenvalue weighted by atomic mass is 16.5. The van der Waals surface area contributed by atoms with Gasteiger partial charge in [0.15, 0.2) is 17.3 Å². The van der Waals surface area contributed by atoms with Crippen LogP contribution in [0.25, 0.3) is 17.0 Å². The summed E-state index contributed by atoms with van der Waals surface area (Å²) >= 11 is 0. The molecule has 0 radical (unpaired) electrons. The molecule has 0 saturated heterocycles. The summed E-state index contributed by atoms with van der Waals surface area (Å²) in [6.07, 6.45) is 1.44. The van der Waals surface area contributed by atoms with Gasteiger partial charge in [0.05, 0.1) is 40.4 Å². The normalized spacial score (nSPS) is 16.6. The van der Waals surface area contributed by atoms with Crippen molar-refractivity contribution in [2.24, 2.45) is 0 Å².